The van der Waals surface area contributed by atoms with Crippen LogP contribution in [-0.4, -0.2) is 71.5 Å². The van der Waals surface area contributed by atoms with Crippen molar-refractivity contribution in [3.63, 3.8) is 0 Å². The van der Waals surface area contributed by atoms with Crippen LogP contribution < -0.4 is 21.1 Å². The van der Waals surface area contributed by atoms with Gasteiger partial charge in [-0.25, -0.2) is 9.97 Å². The lowest BCUT2D eigenvalue weighted by molar-refractivity contribution is 0.114. The van der Waals surface area contributed by atoms with Gasteiger partial charge in [0.1, 0.15) is 23.5 Å². The number of anilines is 2. The highest BCUT2D eigenvalue weighted by Crippen LogP contribution is 2.41. The molecule has 0 bridgehead atoms. The molecule has 1 aromatic heterocycles. The number of nitrogens with two attached hydrogens (primary N) is 2. The Bertz CT molecular complexity index is 901. The molecule has 8 nitrogen and oxygen atoms in total. The van der Waals surface area contributed by atoms with Gasteiger partial charge in [0.25, 0.3) is 0 Å². The summed E-state index contributed by atoms with van der Waals surface area (Å²) in [5, 5.41) is 10.4. The van der Waals surface area contributed by atoms with Crippen LogP contribution in [0.25, 0.3) is 0 Å². The molecule has 3 atom stereocenters. The number of rotatable bonds is 7. The number of β-amino-alcohol motifs (C(OH)–C–C–N with tert-alkyl or cyclic N) is 1. The van der Waals surface area contributed by atoms with E-state index in [1.54, 1.807) is 6.33 Å². The summed E-state index contributed by atoms with van der Waals surface area (Å²) in [6, 6.07) is 7.80. The molecular weight excluding hydrogens is 380 g/mol. The molecule has 1 saturated heterocycles. The van der Waals surface area contributed by atoms with E-state index in [0.717, 1.165) is 35.7 Å². The average Bonchev–Trinajstić information content (AvgIpc) is 3.30. The quantitative estimate of drug-likeness (QED) is 0.581. The van der Waals surface area contributed by atoms with Gasteiger partial charge in [-0.05, 0) is 57.6 Å². The molecule has 2 heterocycles. The molecule has 0 spiro atoms. The number of hydrogen-bond acceptors (Lipinski definition) is 8. The van der Waals surface area contributed by atoms with Crippen molar-refractivity contribution >= 4 is 11.5 Å². The minimum Gasteiger partial charge on any atom is -0.488 e. The summed E-state index contributed by atoms with van der Waals surface area (Å²) in [5.74, 6) is 1.43. The number of nitrogen functional groups attached to an aromatic ring is 1. The van der Waals surface area contributed by atoms with Crippen molar-refractivity contribution in [1.82, 2.24) is 14.9 Å². The molecule has 162 valence electrons. The molecule has 1 unspecified atom stereocenters. The second-order valence-corrected chi connectivity index (χ2v) is 8.94. The molecule has 1 saturated carbocycles. The second kappa shape index (κ2) is 8.02. The first-order chi connectivity index (χ1) is 14.3. The van der Waals surface area contributed by atoms with Crippen molar-refractivity contribution in [3.8, 4) is 5.75 Å². The van der Waals surface area contributed by atoms with Crippen molar-refractivity contribution in [2.24, 2.45) is 5.73 Å². The summed E-state index contributed by atoms with van der Waals surface area (Å²) >= 11 is 0. The summed E-state index contributed by atoms with van der Waals surface area (Å²) in [4.78, 5) is 13.1. The molecular formula is C22H32N6O2. The highest BCUT2D eigenvalue weighted by atomic mass is 16.5. The molecule has 30 heavy (non-hydrogen) atoms. The van der Waals surface area contributed by atoms with Crippen molar-refractivity contribution in [3.05, 3.63) is 41.9 Å². The lowest BCUT2D eigenvalue weighted by atomic mass is 9.93. The molecule has 1 aliphatic heterocycles. The van der Waals surface area contributed by atoms with Crippen molar-refractivity contribution in [2.75, 3.05) is 44.4 Å². The van der Waals surface area contributed by atoms with E-state index < -0.39 is 6.10 Å². The SMILES string of the molecule is CN(C)[C@H]1CN(c2cc(C(CN)c3cc(OC4(C)CC4)ccc3N)ncn2)C[C@@H]1O. The van der Waals surface area contributed by atoms with Gasteiger partial charge < -0.3 is 31.1 Å². The highest BCUT2D eigenvalue weighted by Gasteiger charge is 2.40. The third-order valence-corrected chi connectivity index (χ3v) is 6.26. The predicted molar refractivity (Wildman–Crippen MR) is 118 cm³/mol. The van der Waals surface area contributed by atoms with Gasteiger partial charge in [0.15, 0.2) is 0 Å². The monoisotopic (exact) mass is 412 g/mol. The first kappa shape index (κ1) is 20.8. The van der Waals surface area contributed by atoms with Crippen molar-refractivity contribution in [1.29, 1.82) is 0 Å². The minimum atomic E-state index is -0.419. The van der Waals surface area contributed by atoms with Crippen LogP contribution in [0.5, 0.6) is 5.75 Å². The zero-order valence-corrected chi connectivity index (χ0v) is 18.0. The highest BCUT2D eigenvalue weighted by molar-refractivity contribution is 5.55. The maximum Gasteiger partial charge on any atom is 0.132 e. The molecule has 0 radical (unpaired) electrons. The summed E-state index contributed by atoms with van der Waals surface area (Å²) in [6.45, 7) is 3.73. The van der Waals surface area contributed by atoms with Crippen LogP contribution in [0.1, 0.15) is 36.9 Å². The Labute approximate surface area is 177 Å². The standard InChI is InChI=1S/C22H32N6O2/c1-22(6-7-22)30-14-4-5-17(24)15(8-14)16(10-23)18-9-21(26-13-25-18)28-11-19(27(2)3)20(29)12-28/h4-5,8-9,13,16,19-20,29H,6-7,10-12,23-24H2,1-3H3/t16?,19-,20-/m0/s1. The Balaban J connectivity index is 1.60. The van der Waals surface area contributed by atoms with Crippen LogP contribution >= 0.6 is 0 Å². The first-order valence-corrected chi connectivity index (χ1v) is 10.5. The normalized spacial score (nSPS) is 23.6. The van der Waals surface area contributed by atoms with Crippen LogP contribution in [0.4, 0.5) is 11.5 Å². The van der Waals surface area contributed by atoms with Crippen molar-refractivity contribution < 1.29 is 9.84 Å². The van der Waals surface area contributed by atoms with Gasteiger partial charge in [-0.3, -0.25) is 0 Å². The largest absolute Gasteiger partial charge is 0.488 e. The predicted octanol–water partition coefficient (Wildman–Crippen LogP) is 1.19. The number of likely N-dealkylation sites (N-methyl/N-ethyl adjacent to an activating group) is 1. The molecule has 1 aliphatic carbocycles. The lowest BCUT2D eigenvalue weighted by Crippen LogP contribution is -2.38. The van der Waals surface area contributed by atoms with E-state index in [2.05, 4.69) is 21.8 Å². The van der Waals surface area contributed by atoms with Crippen LogP contribution in [0, 0.1) is 0 Å². The Morgan fingerprint density at radius 2 is 2.03 bits per heavy atom. The zero-order chi connectivity index (χ0) is 21.5. The Hall–Kier alpha value is -2.42. The van der Waals surface area contributed by atoms with Crippen LogP contribution in [-0.2, 0) is 0 Å². The average molecular weight is 413 g/mol. The molecule has 2 aromatic rings. The van der Waals surface area contributed by atoms with E-state index in [0.29, 0.717) is 25.3 Å². The third kappa shape index (κ3) is 4.21. The van der Waals surface area contributed by atoms with Gasteiger partial charge in [0.2, 0.25) is 0 Å². The van der Waals surface area contributed by atoms with E-state index in [1.807, 2.05) is 43.3 Å². The van der Waals surface area contributed by atoms with E-state index in [9.17, 15) is 5.11 Å². The van der Waals surface area contributed by atoms with Gasteiger partial charge in [0.05, 0.1) is 17.8 Å². The van der Waals surface area contributed by atoms with E-state index in [4.69, 9.17) is 16.2 Å². The van der Waals surface area contributed by atoms with Crippen LogP contribution in [0.2, 0.25) is 0 Å². The fourth-order valence-corrected chi connectivity index (χ4v) is 4.08. The van der Waals surface area contributed by atoms with Gasteiger partial charge in [-0.1, -0.05) is 0 Å². The first-order valence-electron chi connectivity index (χ1n) is 10.5. The maximum atomic E-state index is 10.4. The Kier molecular flexibility index (Phi) is 5.57. The number of hydrogen-bond donors (Lipinski definition) is 3. The lowest BCUT2D eigenvalue weighted by Gasteiger charge is -2.23. The summed E-state index contributed by atoms with van der Waals surface area (Å²) in [6.07, 6.45) is 3.28. The number of ether oxygens (including phenoxy) is 1. The minimum absolute atomic E-state index is 0.0623. The molecule has 2 fully saturated rings. The van der Waals surface area contributed by atoms with Crippen LogP contribution in [0.15, 0.2) is 30.6 Å². The maximum absolute atomic E-state index is 10.4. The van der Waals surface area contributed by atoms with E-state index in [1.165, 1.54) is 0 Å². The Morgan fingerprint density at radius 1 is 1.27 bits per heavy atom. The molecule has 1 aromatic carbocycles. The number of benzene rings is 1. The molecule has 2 aliphatic rings. The van der Waals surface area contributed by atoms with Gasteiger partial charge >= 0.3 is 0 Å². The molecule has 4 rings (SSSR count). The molecule has 0 amide bonds. The van der Waals surface area contributed by atoms with Crippen molar-refractivity contribution in [2.45, 2.75) is 43.4 Å². The number of aliphatic hydroxyl groups excluding tert-OH is 1. The molecule has 8 heteroatoms. The fourth-order valence-electron chi connectivity index (χ4n) is 4.08. The number of nitrogens with zero attached hydrogens (tertiary/aromatic N) is 4. The smallest absolute Gasteiger partial charge is 0.132 e. The van der Waals surface area contributed by atoms with Gasteiger partial charge in [0, 0.05) is 37.3 Å². The summed E-state index contributed by atoms with van der Waals surface area (Å²) in [5.41, 5.74) is 14.8. The van der Waals surface area contributed by atoms with E-state index >= 15 is 0 Å². The summed E-state index contributed by atoms with van der Waals surface area (Å²) < 4.78 is 6.12. The van der Waals surface area contributed by atoms with Gasteiger partial charge in [-0.15, -0.1) is 0 Å². The van der Waals surface area contributed by atoms with Crippen LogP contribution in [0.3, 0.4) is 0 Å². The van der Waals surface area contributed by atoms with Gasteiger partial charge in [-0.2, -0.15) is 0 Å². The number of aliphatic hydroxyl groups is 1. The second-order valence-electron chi connectivity index (χ2n) is 8.94. The molecule has 5 N–H and O–H groups in total. The number of aromatic nitrogens is 2. The fraction of sp³-hybridized carbons (Fsp3) is 0.545. The summed E-state index contributed by atoms with van der Waals surface area (Å²) in [7, 11) is 3.96. The van der Waals surface area contributed by atoms with E-state index in [-0.39, 0.29) is 17.6 Å². The zero-order valence-electron chi connectivity index (χ0n) is 18.0. The Morgan fingerprint density at radius 3 is 2.67 bits per heavy atom. The third-order valence-electron chi connectivity index (χ3n) is 6.26. The topological polar surface area (TPSA) is 114 Å².